The Balaban J connectivity index is 6.28. The van der Waals surface area contributed by atoms with Crippen LogP contribution in [0.2, 0.25) is 0 Å². The Labute approximate surface area is 212 Å². The first kappa shape index (κ1) is 39.9. The molecule has 0 aliphatic heterocycles. The van der Waals surface area contributed by atoms with Crippen molar-refractivity contribution in [3.8, 4) is 0 Å². The zero-order valence-electron chi connectivity index (χ0n) is 18.4. The molecule has 0 radical (unpaired) electrons. The molecule has 0 saturated heterocycles. The third-order valence-corrected chi connectivity index (χ3v) is 4.91. The van der Waals surface area contributed by atoms with E-state index < -0.39 is 96.6 Å². The van der Waals surface area contributed by atoms with Crippen molar-refractivity contribution in [3.63, 3.8) is 0 Å². The summed E-state index contributed by atoms with van der Waals surface area (Å²) in [4.78, 5) is 0. The Kier molecular flexibility index (Phi) is 9.73. The minimum atomic E-state index is -8.40. The van der Waals surface area contributed by atoms with Crippen LogP contribution in [0.3, 0.4) is 0 Å². The topological polar surface area (TPSA) is 0 Å². The van der Waals surface area contributed by atoms with Crippen LogP contribution in [0.15, 0.2) is 12.2 Å². The van der Waals surface area contributed by atoms with Gasteiger partial charge in [-0.25, -0.2) is 0 Å². The van der Waals surface area contributed by atoms with Gasteiger partial charge in [-0.1, -0.05) is 12.2 Å². The van der Waals surface area contributed by atoms with Crippen LogP contribution in [0, 0.1) is 0 Å². The van der Waals surface area contributed by atoms with Gasteiger partial charge in [-0.05, 0) is 0 Å². The quantitative estimate of drug-likeness (QED) is 0.141. The highest BCUT2D eigenvalue weighted by Gasteiger charge is 2.92. The SMILES string of the molecule is FC(F)(F)C(F)(F)C(F)(F)C(F)(F)C(F)(F)C(F)(F)C/C=C/CC(F)(F)C(F)(F)C(F)(F)C(F)(F)C(F)(F)C(F)(F)F. The van der Waals surface area contributed by atoms with Gasteiger partial charge in [-0.3, -0.25) is 0 Å². The number of hydrogen-bond donors (Lipinski definition) is 0. The van der Waals surface area contributed by atoms with Gasteiger partial charge in [0.2, 0.25) is 0 Å². The molecule has 252 valence electrons. The summed E-state index contributed by atoms with van der Waals surface area (Å²) in [6, 6.07) is 0. The van der Waals surface area contributed by atoms with Gasteiger partial charge in [0, 0.05) is 12.8 Å². The van der Waals surface area contributed by atoms with Gasteiger partial charge in [-0.2, -0.15) is 114 Å². The maximum absolute atomic E-state index is 13.5. The van der Waals surface area contributed by atoms with Gasteiger partial charge < -0.3 is 0 Å². The fraction of sp³-hybridized carbons (Fsp3) is 0.875. The van der Waals surface area contributed by atoms with E-state index in [0.717, 1.165) is 0 Å². The molecule has 0 atom stereocenters. The molecule has 0 spiro atoms. The number of hydrogen-bond acceptors (Lipinski definition) is 0. The molecule has 0 amide bonds. The zero-order valence-corrected chi connectivity index (χ0v) is 18.4. The maximum atomic E-state index is 13.5. The summed E-state index contributed by atoms with van der Waals surface area (Å²) < 4.78 is 335. The Morgan fingerprint density at radius 1 is 0.238 bits per heavy atom. The van der Waals surface area contributed by atoms with Crippen LogP contribution < -0.4 is 0 Å². The molecule has 0 aliphatic rings. The Morgan fingerprint density at radius 2 is 0.405 bits per heavy atom. The Morgan fingerprint density at radius 3 is 0.571 bits per heavy atom. The van der Waals surface area contributed by atoms with Crippen LogP contribution in [-0.4, -0.2) is 71.6 Å². The second kappa shape index (κ2) is 10.2. The van der Waals surface area contributed by atoms with Crippen molar-refractivity contribution >= 4 is 0 Å². The normalized spacial score (nSPS) is 16.9. The maximum Gasteiger partial charge on any atom is 0.460 e. The van der Waals surface area contributed by atoms with Crippen molar-refractivity contribution in [1.82, 2.24) is 0 Å². The molecule has 0 N–H and O–H groups in total. The van der Waals surface area contributed by atoms with Crippen LogP contribution in [0.4, 0.5) is 114 Å². The molecule has 26 heteroatoms. The molecular weight excluding hydrogens is 686 g/mol. The van der Waals surface area contributed by atoms with Gasteiger partial charge in [0.05, 0.1) is 0 Å². The smallest absolute Gasteiger partial charge is 0.199 e. The first-order valence-corrected chi connectivity index (χ1v) is 9.27. The lowest BCUT2D eigenvalue weighted by Gasteiger charge is -2.39. The largest absolute Gasteiger partial charge is 0.460 e. The second-order valence-electron chi connectivity index (χ2n) is 7.88. The van der Waals surface area contributed by atoms with Crippen LogP contribution in [-0.2, 0) is 0 Å². The number of allylic oxidation sites excluding steroid dienone is 2. The van der Waals surface area contributed by atoms with E-state index in [0.29, 0.717) is 0 Å². The average Bonchev–Trinajstić information content (AvgIpc) is 2.74. The van der Waals surface area contributed by atoms with Crippen LogP contribution in [0.5, 0.6) is 0 Å². The number of alkyl halides is 26. The van der Waals surface area contributed by atoms with Crippen molar-refractivity contribution in [2.45, 2.75) is 84.4 Å². The minimum Gasteiger partial charge on any atom is -0.199 e. The van der Waals surface area contributed by atoms with E-state index in [1.54, 1.807) is 0 Å². The standard InChI is InChI=1S/C16H6F26/c17-5(18,7(21,22)9(25,26)11(29,30)13(33,34)15(37,38)39)3-1-2-4-6(19,20)8(23,24)10(27,28)12(31,32)14(35,36)16(40,41)42/h1-2H,3-4H2/b2-1+. The summed E-state index contributed by atoms with van der Waals surface area (Å²) in [6.07, 6.45) is -25.2. The molecule has 0 rings (SSSR count). The van der Waals surface area contributed by atoms with Crippen molar-refractivity contribution in [1.29, 1.82) is 0 Å². The van der Waals surface area contributed by atoms with Crippen molar-refractivity contribution in [2.24, 2.45) is 0 Å². The lowest BCUT2D eigenvalue weighted by molar-refractivity contribution is -0.439. The second-order valence-corrected chi connectivity index (χ2v) is 7.88. The first-order chi connectivity index (χ1) is 17.7. The molecule has 0 aromatic heterocycles. The molecule has 0 heterocycles. The molecule has 0 aromatic carbocycles. The zero-order chi connectivity index (χ0) is 34.8. The first-order valence-electron chi connectivity index (χ1n) is 9.27. The lowest BCUT2D eigenvalue weighted by Crippen LogP contribution is -2.70. The molecular formula is C16H6F26. The van der Waals surface area contributed by atoms with Crippen molar-refractivity contribution in [3.05, 3.63) is 12.2 Å². The van der Waals surface area contributed by atoms with Crippen LogP contribution in [0.1, 0.15) is 12.8 Å². The van der Waals surface area contributed by atoms with Crippen LogP contribution in [0.25, 0.3) is 0 Å². The fourth-order valence-electron chi connectivity index (χ4n) is 2.32. The predicted octanol–water partition coefficient (Wildman–Crippen LogP) is 9.80. The summed E-state index contributed by atoms with van der Waals surface area (Å²) in [5.41, 5.74) is 0. The highest BCUT2D eigenvalue weighted by molar-refractivity contribution is 5.13. The summed E-state index contributed by atoms with van der Waals surface area (Å²) >= 11 is 0. The van der Waals surface area contributed by atoms with Crippen LogP contribution >= 0.6 is 0 Å². The van der Waals surface area contributed by atoms with Gasteiger partial charge in [0.15, 0.2) is 0 Å². The number of rotatable bonds is 12. The van der Waals surface area contributed by atoms with Crippen molar-refractivity contribution in [2.75, 3.05) is 0 Å². The van der Waals surface area contributed by atoms with E-state index in [2.05, 4.69) is 0 Å². The third kappa shape index (κ3) is 5.50. The van der Waals surface area contributed by atoms with E-state index in [9.17, 15) is 114 Å². The number of halogens is 26. The minimum absolute atomic E-state index is 1.27. The van der Waals surface area contributed by atoms with Gasteiger partial charge in [-0.15, -0.1) is 0 Å². The summed E-state index contributed by atoms with van der Waals surface area (Å²) in [6.45, 7) is 0. The molecule has 0 aliphatic carbocycles. The molecule has 0 bridgehead atoms. The molecule has 0 fully saturated rings. The third-order valence-electron chi connectivity index (χ3n) is 4.91. The van der Waals surface area contributed by atoms with Gasteiger partial charge in [0.25, 0.3) is 0 Å². The van der Waals surface area contributed by atoms with E-state index >= 15 is 0 Å². The monoisotopic (exact) mass is 692 g/mol. The fourth-order valence-corrected chi connectivity index (χ4v) is 2.32. The van der Waals surface area contributed by atoms with E-state index in [1.807, 2.05) is 0 Å². The van der Waals surface area contributed by atoms with E-state index in [4.69, 9.17) is 0 Å². The Bertz CT molecular complexity index is 895. The Hall–Kier alpha value is -2.08. The molecule has 0 unspecified atom stereocenters. The van der Waals surface area contributed by atoms with Gasteiger partial charge in [0.1, 0.15) is 0 Å². The lowest BCUT2D eigenvalue weighted by atomic mass is 9.91. The summed E-state index contributed by atoms with van der Waals surface area (Å²) in [5.74, 6) is -80.0. The molecule has 0 aromatic rings. The predicted molar refractivity (Wildman–Crippen MR) is 80.0 cm³/mol. The molecule has 0 nitrogen and oxygen atoms in total. The molecule has 0 saturated carbocycles. The highest BCUT2D eigenvalue weighted by Crippen LogP contribution is 2.62. The van der Waals surface area contributed by atoms with E-state index in [1.165, 1.54) is 0 Å². The summed E-state index contributed by atoms with van der Waals surface area (Å²) in [7, 11) is 0. The average molecular weight is 692 g/mol. The van der Waals surface area contributed by atoms with Gasteiger partial charge >= 0.3 is 71.6 Å². The van der Waals surface area contributed by atoms with E-state index in [-0.39, 0.29) is 0 Å². The highest BCUT2D eigenvalue weighted by atomic mass is 19.4. The van der Waals surface area contributed by atoms with Crippen molar-refractivity contribution < 1.29 is 114 Å². The molecule has 42 heavy (non-hydrogen) atoms. The summed E-state index contributed by atoms with van der Waals surface area (Å²) in [5, 5.41) is 0.